The van der Waals surface area contributed by atoms with Crippen LogP contribution in [0.2, 0.25) is 0 Å². The van der Waals surface area contributed by atoms with Crippen LogP contribution in [-0.2, 0) is 0 Å². The molecule has 1 N–H and O–H groups in total. The molecule has 0 atom stereocenters. The molecule has 0 spiro atoms. The van der Waals surface area contributed by atoms with E-state index < -0.39 is 5.97 Å². The summed E-state index contributed by atoms with van der Waals surface area (Å²) < 4.78 is 4.77. The highest BCUT2D eigenvalue weighted by molar-refractivity contribution is 5.85. The van der Waals surface area contributed by atoms with Crippen molar-refractivity contribution in [2.45, 2.75) is 6.92 Å². The van der Waals surface area contributed by atoms with Crippen LogP contribution >= 0.6 is 0 Å². The van der Waals surface area contributed by atoms with Gasteiger partial charge in [0.1, 0.15) is 5.82 Å². The molecule has 1 aromatic heterocycles. The normalized spacial score (nSPS) is 9.50. The Hall–Kier alpha value is -1.65. The SMILES string of the molecule is COc1cc(C(=O)O)nc(C)n1. The van der Waals surface area contributed by atoms with E-state index in [1.165, 1.54) is 13.2 Å². The number of hydrogen-bond donors (Lipinski definition) is 1. The Labute approximate surface area is 69.0 Å². The molecule has 0 radical (unpaired) electrons. The van der Waals surface area contributed by atoms with Crippen LogP contribution in [0, 0.1) is 6.92 Å². The molecule has 5 heteroatoms. The van der Waals surface area contributed by atoms with Crippen LogP contribution in [-0.4, -0.2) is 28.2 Å². The minimum absolute atomic E-state index is 0.0562. The predicted octanol–water partition coefficient (Wildman–Crippen LogP) is 0.492. The summed E-state index contributed by atoms with van der Waals surface area (Å²) in [5.41, 5.74) is -0.0562. The summed E-state index contributed by atoms with van der Waals surface area (Å²) in [5.74, 6) is -0.439. The van der Waals surface area contributed by atoms with Gasteiger partial charge in [-0.3, -0.25) is 0 Å². The van der Waals surface area contributed by atoms with Crippen LogP contribution in [0.4, 0.5) is 0 Å². The molecule has 1 rings (SSSR count). The van der Waals surface area contributed by atoms with Gasteiger partial charge in [0, 0.05) is 6.07 Å². The number of aromatic carboxylic acids is 1. The molecule has 1 heterocycles. The Morgan fingerprint density at radius 2 is 2.25 bits per heavy atom. The fraction of sp³-hybridized carbons (Fsp3) is 0.286. The van der Waals surface area contributed by atoms with Crippen molar-refractivity contribution >= 4 is 5.97 Å². The summed E-state index contributed by atoms with van der Waals surface area (Å²) in [4.78, 5) is 18.0. The molecule has 5 nitrogen and oxygen atoms in total. The molecule has 0 amide bonds. The predicted molar refractivity (Wildman–Crippen MR) is 40.3 cm³/mol. The van der Waals surface area contributed by atoms with Crippen LogP contribution in [0.5, 0.6) is 5.88 Å². The topological polar surface area (TPSA) is 72.3 Å². The maximum atomic E-state index is 10.5. The van der Waals surface area contributed by atoms with E-state index in [1.807, 2.05) is 0 Å². The zero-order chi connectivity index (χ0) is 9.14. The van der Waals surface area contributed by atoms with Gasteiger partial charge in [-0.2, -0.15) is 4.98 Å². The Morgan fingerprint density at radius 1 is 1.58 bits per heavy atom. The smallest absolute Gasteiger partial charge is 0.354 e. The number of carboxylic acid groups (broad SMARTS) is 1. The Balaban J connectivity index is 3.15. The van der Waals surface area contributed by atoms with E-state index in [0.29, 0.717) is 5.82 Å². The number of aryl methyl sites for hydroxylation is 1. The fourth-order valence-electron chi connectivity index (χ4n) is 0.754. The second-order valence-corrected chi connectivity index (χ2v) is 2.15. The summed E-state index contributed by atoms with van der Waals surface area (Å²) in [7, 11) is 1.42. The van der Waals surface area contributed by atoms with E-state index in [1.54, 1.807) is 6.92 Å². The lowest BCUT2D eigenvalue weighted by atomic mass is 10.4. The average Bonchev–Trinajstić information content (AvgIpc) is 2.03. The third kappa shape index (κ3) is 1.69. The van der Waals surface area contributed by atoms with E-state index in [9.17, 15) is 4.79 Å². The van der Waals surface area contributed by atoms with Gasteiger partial charge < -0.3 is 9.84 Å². The monoisotopic (exact) mass is 168 g/mol. The lowest BCUT2D eigenvalue weighted by molar-refractivity contribution is 0.0689. The third-order valence-electron chi connectivity index (χ3n) is 1.24. The van der Waals surface area contributed by atoms with Gasteiger partial charge in [-0.1, -0.05) is 0 Å². The molecule has 1 aromatic rings. The minimum Gasteiger partial charge on any atom is -0.481 e. The van der Waals surface area contributed by atoms with Crippen LogP contribution < -0.4 is 4.74 Å². The fourth-order valence-corrected chi connectivity index (χ4v) is 0.754. The highest BCUT2D eigenvalue weighted by Gasteiger charge is 2.07. The minimum atomic E-state index is -1.08. The number of carbonyl (C=O) groups is 1. The molecule has 12 heavy (non-hydrogen) atoms. The first-order chi connectivity index (χ1) is 5.63. The Morgan fingerprint density at radius 3 is 2.75 bits per heavy atom. The summed E-state index contributed by atoms with van der Waals surface area (Å²) in [5, 5.41) is 8.58. The van der Waals surface area contributed by atoms with Crippen LogP contribution in [0.3, 0.4) is 0 Å². The summed E-state index contributed by atoms with van der Waals surface area (Å²) in [6, 6.07) is 1.27. The third-order valence-corrected chi connectivity index (χ3v) is 1.24. The lowest BCUT2D eigenvalue weighted by Gasteiger charge is -2.00. The highest BCUT2D eigenvalue weighted by atomic mass is 16.5. The van der Waals surface area contributed by atoms with Crippen LogP contribution in [0.1, 0.15) is 16.3 Å². The van der Waals surface area contributed by atoms with Gasteiger partial charge in [0.2, 0.25) is 5.88 Å². The van der Waals surface area contributed by atoms with Crippen molar-refractivity contribution in [3.63, 3.8) is 0 Å². The first-order valence-corrected chi connectivity index (χ1v) is 3.26. The standard InChI is InChI=1S/C7H8N2O3/c1-4-8-5(7(10)11)3-6(9-4)12-2/h3H,1-2H3,(H,10,11). The van der Waals surface area contributed by atoms with E-state index in [2.05, 4.69) is 9.97 Å². The van der Waals surface area contributed by atoms with Gasteiger partial charge in [-0.05, 0) is 6.92 Å². The Kier molecular flexibility index (Phi) is 2.23. The number of nitrogens with zero attached hydrogens (tertiary/aromatic N) is 2. The highest BCUT2D eigenvalue weighted by Crippen LogP contribution is 2.07. The molecule has 0 aliphatic carbocycles. The van der Waals surface area contributed by atoms with Crippen LogP contribution in [0.25, 0.3) is 0 Å². The van der Waals surface area contributed by atoms with Crippen molar-refractivity contribution in [2.75, 3.05) is 7.11 Å². The molecule has 0 aliphatic rings. The molecular weight excluding hydrogens is 160 g/mol. The molecule has 64 valence electrons. The van der Waals surface area contributed by atoms with E-state index in [0.717, 1.165) is 0 Å². The summed E-state index contributed by atoms with van der Waals surface area (Å²) >= 11 is 0. The molecule has 0 aromatic carbocycles. The van der Waals surface area contributed by atoms with Crippen molar-refractivity contribution in [3.05, 3.63) is 17.6 Å². The van der Waals surface area contributed by atoms with E-state index >= 15 is 0 Å². The van der Waals surface area contributed by atoms with Crippen molar-refractivity contribution < 1.29 is 14.6 Å². The number of rotatable bonds is 2. The van der Waals surface area contributed by atoms with Gasteiger partial charge >= 0.3 is 5.97 Å². The molecule has 0 fully saturated rings. The second-order valence-electron chi connectivity index (χ2n) is 2.15. The molecule has 0 bridgehead atoms. The number of hydrogen-bond acceptors (Lipinski definition) is 4. The molecule has 0 saturated carbocycles. The van der Waals surface area contributed by atoms with Gasteiger partial charge in [0.25, 0.3) is 0 Å². The maximum Gasteiger partial charge on any atom is 0.354 e. The number of aromatic nitrogens is 2. The molecule has 0 aliphatic heterocycles. The van der Waals surface area contributed by atoms with Gasteiger partial charge in [-0.25, -0.2) is 9.78 Å². The zero-order valence-electron chi connectivity index (χ0n) is 6.74. The molecular formula is C7H8N2O3. The molecule has 0 unspecified atom stereocenters. The van der Waals surface area contributed by atoms with Crippen molar-refractivity contribution in [1.82, 2.24) is 9.97 Å². The second kappa shape index (κ2) is 3.17. The summed E-state index contributed by atoms with van der Waals surface area (Å²) in [6.45, 7) is 1.61. The van der Waals surface area contributed by atoms with Crippen molar-refractivity contribution in [1.29, 1.82) is 0 Å². The number of methoxy groups -OCH3 is 1. The molecule has 0 saturated heterocycles. The van der Waals surface area contributed by atoms with E-state index in [-0.39, 0.29) is 11.6 Å². The first-order valence-electron chi connectivity index (χ1n) is 3.26. The quantitative estimate of drug-likeness (QED) is 0.695. The Bertz CT molecular complexity index is 312. The van der Waals surface area contributed by atoms with Crippen molar-refractivity contribution in [2.24, 2.45) is 0 Å². The number of ether oxygens (including phenoxy) is 1. The maximum absolute atomic E-state index is 10.5. The van der Waals surface area contributed by atoms with E-state index in [4.69, 9.17) is 9.84 Å². The summed E-state index contributed by atoms with van der Waals surface area (Å²) in [6.07, 6.45) is 0. The largest absolute Gasteiger partial charge is 0.481 e. The zero-order valence-corrected chi connectivity index (χ0v) is 6.74. The van der Waals surface area contributed by atoms with Gasteiger partial charge in [-0.15, -0.1) is 0 Å². The van der Waals surface area contributed by atoms with Crippen LogP contribution in [0.15, 0.2) is 6.07 Å². The first kappa shape index (κ1) is 8.45. The average molecular weight is 168 g/mol. The van der Waals surface area contributed by atoms with Crippen molar-refractivity contribution in [3.8, 4) is 5.88 Å². The van der Waals surface area contributed by atoms with Gasteiger partial charge in [0.15, 0.2) is 5.69 Å². The number of carboxylic acids is 1. The lowest BCUT2D eigenvalue weighted by Crippen LogP contribution is -2.04. The van der Waals surface area contributed by atoms with Gasteiger partial charge in [0.05, 0.1) is 7.11 Å².